The van der Waals surface area contributed by atoms with Crippen molar-refractivity contribution < 1.29 is 5.11 Å². The van der Waals surface area contributed by atoms with E-state index < -0.39 is 0 Å². The molecule has 0 saturated heterocycles. The maximum absolute atomic E-state index is 9.06. The topological polar surface area (TPSA) is 23.5 Å². The summed E-state index contributed by atoms with van der Waals surface area (Å²) in [5, 5.41) is 9.06. The molecule has 86 valence electrons. The molecule has 1 aliphatic carbocycles. The SMILES string of the molecule is OCCc1cccc2c1CCN2CC1CC1. The Labute approximate surface area is 96.9 Å². The van der Waals surface area contributed by atoms with Gasteiger partial charge in [-0.05, 0) is 48.8 Å². The van der Waals surface area contributed by atoms with Crippen LogP contribution in [0.3, 0.4) is 0 Å². The van der Waals surface area contributed by atoms with Crippen molar-refractivity contribution in [1.82, 2.24) is 0 Å². The summed E-state index contributed by atoms with van der Waals surface area (Å²) in [5.74, 6) is 0.951. The minimum atomic E-state index is 0.263. The molecule has 1 heterocycles. The van der Waals surface area contributed by atoms with E-state index in [0.29, 0.717) is 0 Å². The number of rotatable bonds is 4. The summed E-state index contributed by atoms with van der Waals surface area (Å²) >= 11 is 0. The zero-order valence-electron chi connectivity index (χ0n) is 9.65. The largest absolute Gasteiger partial charge is 0.396 e. The fraction of sp³-hybridized carbons (Fsp3) is 0.571. The standard InChI is InChI=1S/C14H19NO/c16-9-7-12-2-1-3-14-13(12)6-8-15(14)10-11-4-5-11/h1-3,11,16H,4-10H2. The minimum Gasteiger partial charge on any atom is -0.396 e. The maximum atomic E-state index is 9.06. The van der Waals surface area contributed by atoms with E-state index in [9.17, 15) is 0 Å². The predicted octanol–water partition coefficient (Wildman–Crippen LogP) is 1.99. The molecule has 0 bridgehead atoms. The third-order valence-corrected chi connectivity index (χ3v) is 3.78. The number of fused-ring (bicyclic) bond motifs is 1. The highest BCUT2D eigenvalue weighted by Gasteiger charge is 2.28. The molecule has 1 aromatic carbocycles. The molecule has 3 rings (SSSR count). The van der Waals surface area contributed by atoms with Gasteiger partial charge >= 0.3 is 0 Å². The molecule has 0 radical (unpaired) electrons. The lowest BCUT2D eigenvalue weighted by Gasteiger charge is -2.19. The van der Waals surface area contributed by atoms with Crippen LogP contribution in [-0.2, 0) is 12.8 Å². The first-order valence-corrected chi connectivity index (χ1v) is 6.35. The van der Waals surface area contributed by atoms with Gasteiger partial charge in [0.15, 0.2) is 0 Å². The van der Waals surface area contributed by atoms with Gasteiger partial charge in [-0.2, -0.15) is 0 Å². The van der Waals surface area contributed by atoms with Crippen LogP contribution in [0.15, 0.2) is 18.2 Å². The molecule has 2 heteroatoms. The number of benzene rings is 1. The maximum Gasteiger partial charge on any atom is 0.0471 e. The molecule has 0 spiro atoms. The summed E-state index contributed by atoms with van der Waals surface area (Å²) in [6.07, 6.45) is 4.81. The zero-order valence-corrected chi connectivity index (χ0v) is 9.65. The molecule has 0 unspecified atom stereocenters. The Morgan fingerprint density at radius 1 is 1.31 bits per heavy atom. The highest BCUT2D eigenvalue weighted by molar-refractivity contribution is 5.61. The highest BCUT2D eigenvalue weighted by Crippen LogP contribution is 2.36. The first-order valence-electron chi connectivity index (χ1n) is 6.35. The summed E-state index contributed by atoms with van der Waals surface area (Å²) in [6, 6.07) is 6.54. The van der Waals surface area contributed by atoms with Crippen LogP contribution in [0.5, 0.6) is 0 Å². The van der Waals surface area contributed by atoms with E-state index in [0.717, 1.165) is 18.8 Å². The van der Waals surface area contributed by atoms with Crippen molar-refractivity contribution in [3.63, 3.8) is 0 Å². The van der Waals surface area contributed by atoms with E-state index in [1.54, 1.807) is 0 Å². The number of anilines is 1. The van der Waals surface area contributed by atoms with Gasteiger partial charge in [-0.25, -0.2) is 0 Å². The van der Waals surface area contributed by atoms with Gasteiger partial charge < -0.3 is 10.0 Å². The molecule has 1 aromatic rings. The van der Waals surface area contributed by atoms with Gasteiger partial charge in [0.05, 0.1) is 0 Å². The highest BCUT2D eigenvalue weighted by atomic mass is 16.2. The lowest BCUT2D eigenvalue weighted by molar-refractivity contribution is 0.299. The second-order valence-electron chi connectivity index (χ2n) is 5.03. The Balaban J connectivity index is 1.84. The first-order chi connectivity index (χ1) is 7.88. The van der Waals surface area contributed by atoms with E-state index in [-0.39, 0.29) is 6.61 Å². The third-order valence-electron chi connectivity index (χ3n) is 3.78. The Bertz CT molecular complexity index is 384. The van der Waals surface area contributed by atoms with Gasteiger partial charge in [0, 0.05) is 25.4 Å². The van der Waals surface area contributed by atoms with Crippen molar-refractivity contribution in [2.75, 3.05) is 24.6 Å². The van der Waals surface area contributed by atoms with E-state index in [4.69, 9.17) is 5.11 Å². The average Bonchev–Trinajstić information content (AvgIpc) is 3.01. The van der Waals surface area contributed by atoms with Crippen molar-refractivity contribution in [3.8, 4) is 0 Å². The molecule has 0 aromatic heterocycles. The Morgan fingerprint density at radius 3 is 2.94 bits per heavy atom. The van der Waals surface area contributed by atoms with Crippen LogP contribution in [0, 0.1) is 5.92 Å². The molecule has 1 aliphatic heterocycles. The molecule has 16 heavy (non-hydrogen) atoms. The lowest BCUT2D eigenvalue weighted by atomic mass is 10.0. The van der Waals surface area contributed by atoms with Crippen LogP contribution < -0.4 is 4.90 Å². The van der Waals surface area contributed by atoms with Crippen LogP contribution in [0.2, 0.25) is 0 Å². The van der Waals surface area contributed by atoms with Crippen LogP contribution in [0.4, 0.5) is 5.69 Å². The van der Waals surface area contributed by atoms with Gasteiger partial charge in [0.25, 0.3) is 0 Å². The summed E-state index contributed by atoms with van der Waals surface area (Å²) in [6.45, 7) is 2.68. The summed E-state index contributed by atoms with van der Waals surface area (Å²) in [4.78, 5) is 2.54. The quantitative estimate of drug-likeness (QED) is 0.833. The van der Waals surface area contributed by atoms with Gasteiger partial charge in [0.2, 0.25) is 0 Å². The molecule has 1 saturated carbocycles. The van der Waals surface area contributed by atoms with Crippen LogP contribution >= 0.6 is 0 Å². The Morgan fingerprint density at radius 2 is 2.19 bits per heavy atom. The molecule has 1 N–H and O–H groups in total. The van der Waals surface area contributed by atoms with E-state index in [1.807, 2.05) is 0 Å². The molecule has 2 aliphatic rings. The summed E-state index contributed by atoms with van der Waals surface area (Å²) in [5.41, 5.74) is 4.26. The minimum absolute atomic E-state index is 0.263. The summed E-state index contributed by atoms with van der Waals surface area (Å²) < 4.78 is 0. The van der Waals surface area contributed by atoms with Gasteiger partial charge in [-0.1, -0.05) is 12.1 Å². The van der Waals surface area contributed by atoms with Crippen LogP contribution in [-0.4, -0.2) is 24.8 Å². The number of hydrogen-bond acceptors (Lipinski definition) is 2. The van der Waals surface area contributed by atoms with Crippen molar-refractivity contribution >= 4 is 5.69 Å². The monoisotopic (exact) mass is 217 g/mol. The fourth-order valence-electron chi connectivity index (χ4n) is 2.73. The van der Waals surface area contributed by atoms with Gasteiger partial charge in [-0.15, -0.1) is 0 Å². The van der Waals surface area contributed by atoms with E-state index in [1.165, 1.54) is 42.7 Å². The molecule has 1 fully saturated rings. The predicted molar refractivity (Wildman–Crippen MR) is 65.9 cm³/mol. The van der Waals surface area contributed by atoms with Gasteiger partial charge in [-0.3, -0.25) is 0 Å². The second kappa shape index (κ2) is 4.10. The van der Waals surface area contributed by atoms with Gasteiger partial charge in [0.1, 0.15) is 0 Å². The molecule has 0 atom stereocenters. The number of hydrogen-bond donors (Lipinski definition) is 1. The Kier molecular flexibility index (Phi) is 2.60. The molecular formula is C14H19NO. The van der Waals surface area contributed by atoms with Crippen molar-refractivity contribution in [2.24, 2.45) is 5.92 Å². The average molecular weight is 217 g/mol. The molecular weight excluding hydrogens is 198 g/mol. The first kappa shape index (κ1) is 10.2. The number of nitrogens with zero attached hydrogens (tertiary/aromatic N) is 1. The smallest absolute Gasteiger partial charge is 0.0471 e. The van der Waals surface area contributed by atoms with Crippen molar-refractivity contribution in [2.45, 2.75) is 25.7 Å². The molecule has 2 nitrogen and oxygen atoms in total. The third kappa shape index (κ3) is 1.82. The van der Waals surface area contributed by atoms with Crippen LogP contribution in [0.1, 0.15) is 24.0 Å². The lowest BCUT2D eigenvalue weighted by Crippen LogP contribution is -2.22. The summed E-state index contributed by atoms with van der Waals surface area (Å²) in [7, 11) is 0. The molecule has 0 amide bonds. The van der Waals surface area contributed by atoms with E-state index >= 15 is 0 Å². The zero-order chi connectivity index (χ0) is 11.0. The fourth-order valence-corrected chi connectivity index (χ4v) is 2.73. The van der Waals surface area contributed by atoms with E-state index in [2.05, 4.69) is 23.1 Å². The Hall–Kier alpha value is -1.02. The second-order valence-corrected chi connectivity index (χ2v) is 5.03. The van der Waals surface area contributed by atoms with Crippen LogP contribution in [0.25, 0.3) is 0 Å². The van der Waals surface area contributed by atoms with Crippen molar-refractivity contribution in [3.05, 3.63) is 29.3 Å². The number of aliphatic hydroxyl groups is 1. The number of aliphatic hydroxyl groups excluding tert-OH is 1. The van der Waals surface area contributed by atoms with Crippen molar-refractivity contribution in [1.29, 1.82) is 0 Å². The normalized spacial score (nSPS) is 18.9.